The molecule has 7 N–H and O–H groups in total. The quantitative estimate of drug-likeness (QED) is 0.263. The Balaban J connectivity index is 1.38. The third-order valence-corrected chi connectivity index (χ3v) is 5.48. The van der Waals surface area contributed by atoms with Crippen LogP contribution in [-0.2, 0) is 16.0 Å². The van der Waals surface area contributed by atoms with Crippen LogP contribution in [0.4, 0.5) is 24.8 Å². The molecule has 1 fully saturated rings. The molecule has 16 heteroatoms. The van der Waals surface area contributed by atoms with Crippen LogP contribution in [0, 0.1) is 0 Å². The molecule has 1 aliphatic rings. The SMILES string of the molecule is Nc1nc(N)c(C(=O)/N=C2/NC[C@H](CCCc3ccc(OC[C@@H](O)COC(=O)C(F)(F)F)cc3)N2)nc1Cl. The summed E-state index contributed by atoms with van der Waals surface area (Å²) in [5.41, 5.74) is 12.0. The van der Waals surface area contributed by atoms with Crippen LogP contribution in [-0.4, -0.2) is 71.0 Å². The highest BCUT2D eigenvalue weighted by molar-refractivity contribution is 6.31. The van der Waals surface area contributed by atoms with Gasteiger partial charge in [-0.25, -0.2) is 14.8 Å². The van der Waals surface area contributed by atoms with E-state index in [-0.39, 0.29) is 41.1 Å². The van der Waals surface area contributed by atoms with Crippen LogP contribution in [0.15, 0.2) is 29.3 Å². The molecule has 206 valence electrons. The lowest BCUT2D eigenvalue weighted by Gasteiger charge is -2.14. The number of amides is 1. The minimum Gasteiger partial charge on any atom is -0.491 e. The second-order valence-electron chi connectivity index (χ2n) is 8.22. The van der Waals surface area contributed by atoms with Crippen LogP contribution in [0.3, 0.4) is 0 Å². The maximum absolute atomic E-state index is 12.4. The van der Waals surface area contributed by atoms with E-state index in [0.29, 0.717) is 12.3 Å². The number of esters is 1. The Morgan fingerprint density at radius 2 is 1.89 bits per heavy atom. The van der Waals surface area contributed by atoms with Crippen LogP contribution in [0.1, 0.15) is 28.9 Å². The van der Waals surface area contributed by atoms with Gasteiger partial charge in [-0.2, -0.15) is 18.2 Å². The molecule has 0 spiro atoms. The number of aliphatic hydroxyl groups is 1. The Morgan fingerprint density at radius 3 is 2.58 bits per heavy atom. The number of guanidine groups is 1. The molecular formula is C22H25ClF3N7O5. The lowest BCUT2D eigenvalue weighted by molar-refractivity contribution is -0.202. The van der Waals surface area contributed by atoms with Gasteiger partial charge in [-0.3, -0.25) is 4.79 Å². The monoisotopic (exact) mass is 559 g/mol. The van der Waals surface area contributed by atoms with Gasteiger partial charge in [0.2, 0.25) is 0 Å². The summed E-state index contributed by atoms with van der Waals surface area (Å²) in [6.45, 7) is -0.621. The molecule has 2 atom stereocenters. The molecule has 0 unspecified atom stereocenters. The number of alkyl halides is 3. The van der Waals surface area contributed by atoms with Crippen molar-refractivity contribution in [3.63, 3.8) is 0 Å². The summed E-state index contributed by atoms with van der Waals surface area (Å²) in [6, 6.07) is 7.00. The zero-order valence-corrected chi connectivity index (χ0v) is 20.6. The topological polar surface area (TPSA) is 187 Å². The number of nitrogens with two attached hydrogens (primary N) is 2. The Bertz CT molecular complexity index is 1180. The molecule has 1 aliphatic heterocycles. The average Bonchev–Trinajstić information content (AvgIpc) is 3.30. The summed E-state index contributed by atoms with van der Waals surface area (Å²) >= 11 is 5.80. The number of aromatic nitrogens is 2. The van der Waals surface area contributed by atoms with E-state index in [1.165, 1.54) is 0 Å². The smallest absolute Gasteiger partial charge is 0.490 e. The third-order valence-electron chi connectivity index (χ3n) is 5.20. The van der Waals surface area contributed by atoms with Crippen molar-refractivity contribution >= 4 is 41.1 Å². The number of rotatable bonds is 10. The van der Waals surface area contributed by atoms with Gasteiger partial charge < -0.3 is 36.7 Å². The first-order valence-corrected chi connectivity index (χ1v) is 11.7. The van der Waals surface area contributed by atoms with Crippen molar-refractivity contribution in [1.82, 2.24) is 20.6 Å². The van der Waals surface area contributed by atoms with E-state index >= 15 is 0 Å². The highest BCUT2D eigenvalue weighted by atomic mass is 35.5. The summed E-state index contributed by atoms with van der Waals surface area (Å²) in [5.74, 6) is -2.66. The van der Waals surface area contributed by atoms with E-state index in [1.807, 2.05) is 12.1 Å². The van der Waals surface area contributed by atoms with Crippen molar-refractivity contribution in [3.8, 4) is 5.75 Å². The van der Waals surface area contributed by atoms with Crippen molar-refractivity contribution in [2.24, 2.45) is 4.99 Å². The predicted molar refractivity (Wildman–Crippen MR) is 130 cm³/mol. The van der Waals surface area contributed by atoms with Gasteiger partial charge in [0.05, 0.1) is 0 Å². The molecular weight excluding hydrogens is 535 g/mol. The number of aryl methyl sites for hydroxylation is 1. The Labute approximate surface area is 219 Å². The van der Waals surface area contributed by atoms with Crippen LogP contribution >= 0.6 is 11.6 Å². The van der Waals surface area contributed by atoms with Crippen molar-refractivity contribution < 1.29 is 37.3 Å². The number of benzene rings is 1. The van der Waals surface area contributed by atoms with Gasteiger partial charge in [0, 0.05) is 12.6 Å². The van der Waals surface area contributed by atoms with Crippen molar-refractivity contribution in [2.45, 2.75) is 37.6 Å². The number of carbonyl (C=O) groups is 2. The molecule has 2 heterocycles. The first-order valence-electron chi connectivity index (χ1n) is 11.3. The molecule has 1 amide bonds. The highest BCUT2D eigenvalue weighted by Crippen LogP contribution is 2.19. The summed E-state index contributed by atoms with van der Waals surface area (Å²) in [6.07, 6.45) is -4.19. The average molecular weight is 560 g/mol. The number of aliphatic hydroxyl groups excluding tert-OH is 1. The van der Waals surface area contributed by atoms with E-state index in [0.717, 1.165) is 24.8 Å². The third kappa shape index (κ3) is 8.34. The maximum atomic E-state index is 12.4. The summed E-state index contributed by atoms with van der Waals surface area (Å²) < 4.78 is 45.6. The van der Waals surface area contributed by atoms with E-state index in [1.54, 1.807) is 12.1 Å². The zero-order chi connectivity index (χ0) is 27.9. The molecule has 0 aliphatic carbocycles. The fourth-order valence-electron chi connectivity index (χ4n) is 3.31. The molecule has 0 radical (unpaired) electrons. The molecule has 3 rings (SSSR count). The Hall–Kier alpha value is -3.85. The molecule has 1 aromatic carbocycles. The molecule has 1 saturated heterocycles. The largest absolute Gasteiger partial charge is 0.491 e. The van der Waals surface area contributed by atoms with Gasteiger partial charge in [0.1, 0.15) is 25.1 Å². The molecule has 2 aromatic rings. The lowest BCUT2D eigenvalue weighted by atomic mass is 10.1. The number of nitrogen functional groups attached to an aromatic ring is 2. The second kappa shape index (κ2) is 12.6. The van der Waals surface area contributed by atoms with Crippen molar-refractivity contribution in [1.29, 1.82) is 0 Å². The number of nitrogens with zero attached hydrogens (tertiary/aromatic N) is 3. The van der Waals surface area contributed by atoms with Crippen LogP contribution in [0.2, 0.25) is 5.15 Å². The van der Waals surface area contributed by atoms with E-state index in [2.05, 4.69) is 30.3 Å². The standard InChI is InChI=1S/C22H25ClF3N7O5/c23-16-18(28)32-17(27)15(31-16)19(35)33-21-29-8-12(30-21)3-1-2-11-4-6-14(7-5-11)37-9-13(34)10-38-20(36)22(24,25)26/h4-7,12-13,34H,1-3,8-10H2,(H4,27,28,32)(H2,29,30,33,35)/t12-,13+/m0/s1. The van der Waals surface area contributed by atoms with Crippen molar-refractivity contribution in [3.05, 3.63) is 40.7 Å². The van der Waals surface area contributed by atoms with Crippen LogP contribution < -0.4 is 26.8 Å². The fourth-order valence-corrected chi connectivity index (χ4v) is 3.44. The van der Waals surface area contributed by atoms with Crippen LogP contribution in [0.5, 0.6) is 5.75 Å². The number of anilines is 2. The maximum Gasteiger partial charge on any atom is 0.490 e. The number of hydrogen-bond acceptors (Lipinski definition) is 9. The Kier molecular flexibility index (Phi) is 9.52. The number of nitrogens with one attached hydrogen (secondary N) is 2. The zero-order valence-electron chi connectivity index (χ0n) is 19.8. The van der Waals surface area contributed by atoms with Gasteiger partial charge in [0.25, 0.3) is 0 Å². The van der Waals surface area contributed by atoms with Crippen molar-refractivity contribution in [2.75, 3.05) is 31.2 Å². The first kappa shape index (κ1) is 28.7. The fraction of sp³-hybridized carbons (Fsp3) is 0.409. The normalized spacial score (nSPS) is 17.0. The number of aliphatic imine (C=N–C) groups is 1. The van der Waals surface area contributed by atoms with E-state index in [4.69, 9.17) is 27.8 Å². The summed E-state index contributed by atoms with van der Waals surface area (Å²) in [5, 5.41) is 15.6. The minimum atomic E-state index is -5.12. The van der Waals surface area contributed by atoms with E-state index < -0.39 is 30.8 Å². The summed E-state index contributed by atoms with van der Waals surface area (Å²) in [4.78, 5) is 34.5. The minimum absolute atomic E-state index is 0.0375. The van der Waals surface area contributed by atoms with Gasteiger partial charge in [0.15, 0.2) is 28.4 Å². The van der Waals surface area contributed by atoms with E-state index in [9.17, 15) is 27.9 Å². The van der Waals surface area contributed by atoms with Gasteiger partial charge in [-0.05, 0) is 37.0 Å². The first-order chi connectivity index (χ1) is 17.9. The summed E-state index contributed by atoms with van der Waals surface area (Å²) in [7, 11) is 0. The highest BCUT2D eigenvalue weighted by Gasteiger charge is 2.41. The number of carbonyl (C=O) groups excluding carboxylic acids is 2. The number of ether oxygens (including phenoxy) is 2. The lowest BCUT2D eigenvalue weighted by Crippen LogP contribution is -2.31. The second-order valence-corrected chi connectivity index (χ2v) is 8.58. The number of hydrogen-bond donors (Lipinski definition) is 5. The van der Waals surface area contributed by atoms with Gasteiger partial charge in [-0.15, -0.1) is 0 Å². The van der Waals surface area contributed by atoms with Crippen LogP contribution in [0.25, 0.3) is 0 Å². The molecule has 12 nitrogen and oxygen atoms in total. The Morgan fingerprint density at radius 1 is 1.18 bits per heavy atom. The molecule has 1 aromatic heterocycles. The molecule has 0 saturated carbocycles. The molecule has 0 bridgehead atoms. The van der Waals surface area contributed by atoms with Gasteiger partial charge in [-0.1, -0.05) is 23.7 Å². The van der Waals surface area contributed by atoms with Gasteiger partial charge >= 0.3 is 18.1 Å². The molecule has 38 heavy (non-hydrogen) atoms. The predicted octanol–water partition coefficient (Wildman–Crippen LogP) is 1.22. The number of halogens is 4.